The van der Waals surface area contributed by atoms with Gasteiger partial charge in [-0.3, -0.25) is 4.99 Å². The van der Waals surface area contributed by atoms with E-state index in [0.717, 1.165) is 50.7 Å². The Labute approximate surface area is 134 Å². The highest BCUT2D eigenvalue weighted by atomic mass is 127. The summed E-state index contributed by atoms with van der Waals surface area (Å²) in [6, 6.07) is 0. The maximum absolute atomic E-state index is 10.0. The van der Waals surface area contributed by atoms with Gasteiger partial charge in [-0.1, -0.05) is 13.8 Å². The Bertz CT molecular complexity index is 265. The van der Waals surface area contributed by atoms with Crippen LogP contribution < -0.4 is 10.6 Å². The van der Waals surface area contributed by atoms with Crippen LogP contribution in [-0.2, 0) is 0 Å². The molecule has 5 heteroatoms. The van der Waals surface area contributed by atoms with Crippen LogP contribution in [-0.4, -0.2) is 36.3 Å². The predicted octanol–water partition coefficient (Wildman–Crippen LogP) is 2.51. The molecule has 0 spiro atoms. The van der Waals surface area contributed by atoms with E-state index < -0.39 is 5.60 Å². The van der Waals surface area contributed by atoms with E-state index in [-0.39, 0.29) is 24.0 Å². The number of aliphatic hydroxyl groups is 1. The van der Waals surface area contributed by atoms with Crippen molar-refractivity contribution in [3.63, 3.8) is 0 Å². The van der Waals surface area contributed by atoms with Crippen molar-refractivity contribution in [1.82, 2.24) is 10.6 Å². The van der Waals surface area contributed by atoms with Crippen molar-refractivity contribution in [2.24, 2.45) is 10.9 Å². The van der Waals surface area contributed by atoms with Crippen LogP contribution in [0.4, 0.5) is 0 Å². The number of hydrogen-bond donors (Lipinski definition) is 3. The molecular formula is C14H30IN3O. The first-order valence-electron chi connectivity index (χ1n) is 7.30. The summed E-state index contributed by atoms with van der Waals surface area (Å²) >= 11 is 0. The zero-order valence-electron chi connectivity index (χ0n) is 12.5. The smallest absolute Gasteiger partial charge is 0.191 e. The molecule has 0 unspecified atom stereocenters. The van der Waals surface area contributed by atoms with Crippen LogP contribution in [0.2, 0.25) is 0 Å². The van der Waals surface area contributed by atoms with Crippen LogP contribution >= 0.6 is 24.0 Å². The summed E-state index contributed by atoms with van der Waals surface area (Å²) in [5.41, 5.74) is -0.527. The van der Waals surface area contributed by atoms with Gasteiger partial charge in [0.1, 0.15) is 0 Å². The fourth-order valence-corrected chi connectivity index (χ4v) is 2.03. The Kier molecular flexibility index (Phi) is 9.78. The SMILES string of the molecule is CCNC(=NCC1(O)CCC1)NCCCC(C)C.I. The molecule has 0 aliphatic heterocycles. The molecule has 1 saturated carbocycles. The summed E-state index contributed by atoms with van der Waals surface area (Å²) in [6.45, 7) is 8.86. The van der Waals surface area contributed by atoms with E-state index in [0.29, 0.717) is 6.54 Å². The molecule has 0 bridgehead atoms. The second kappa shape index (κ2) is 9.80. The summed E-state index contributed by atoms with van der Waals surface area (Å²) in [7, 11) is 0. The minimum Gasteiger partial charge on any atom is -0.388 e. The van der Waals surface area contributed by atoms with Crippen LogP contribution in [0.3, 0.4) is 0 Å². The molecule has 0 heterocycles. The van der Waals surface area contributed by atoms with E-state index in [1.54, 1.807) is 0 Å². The molecule has 3 N–H and O–H groups in total. The Morgan fingerprint density at radius 1 is 1.32 bits per heavy atom. The quantitative estimate of drug-likeness (QED) is 0.274. The van der Waals surface area contributed by atoms with Gasteiger partial charge in [0.25, 0.3) is 0 Å². The molecule has 1 aliphatic rings. The first-order chi connectivity index (χ1) is 8.56. The van der Waals surface area contributed by atoms with E-state index in [4.69, 9.17) is 0 Å². The normalized spacial score (nSPS) is 17.6. The number of nitrogens with zero attached hydrogens (tertiary/aromatic N) is 1. The molecule has 0 aromatic carbocycles. The van der Waals surface area contributed by atoms with Gasteiger partial charge in [0, 0.05) is 13.1 Å². The molecule has 0 atom stereocenters. The highest BCUT2D eigenvalue weighted by Gasteiger charge is 2.34. The van der Waals surface area contributed by atoms with Gasteiger partial charge in [0.2, 0.25) is 0 Å². The molecule has 0 aromatic heterocycles. The maximum Gasteiger partial charge on any atom is 0.191 e. The van der Waals surface area contributed by atoms with Gasteiger partial charge in [0.05, 0.1) is 12.1 Å². The fourth-order valence-electron chi connectivity index (χ4n) is 2.03. The fraction of sp³-hybridized carbons (Fsp3) is 0.929. The molecule has 0 saturated heterocycles. The lowest BCUT2D eigenvalue weighted by Crippen LogP contribution is -2.43. The summed E-state index contributed by atoms with van der Waals surface area (Å²) in [6.07, 6.45) is 5.31. The molecule has 0 radical (unpaired) electrons. The van der Waals surface area contributed by atoms with Crippen molar-refractivity contribution in [2.75, 3.05) is 19.6 Å². The lowest BCUT2D eigenvalue weighted by Gasteiger charge is -2.35. The second-order valence-corrected chi connectivity index (χ2v) is 5.74. The third kappa shape index (κ3) is 7.97. The number of hydrogen-bond acceptors (Lipinski definition) is 2. The Morgan fingerprint density at radius 3 is 2.47 bits per heavy atom. The number of halogens is 1. The average Bonchev–Trinajstić information content (AvgIpc) is 2.28. The Balaban J connectivity index is 0.00000324. The third-order valence-electron chi connectivity index (χ3n) is 3.41. The van der Waals surface area contributed by atoms with Gasteiger partial charge in [-0.2, -0.15) is 0 Å². The molecule has 4 nitrogen and oxygen atoms in total. The van der Waals surface area contributed by atoms with Crippen LogP contribution in [0.25, 0.3) is 0 Å². The maximum atomic E-state index is 10.0. The van der Waals surface area contributed by atoms with Gasteiger partial charge in [-0.05, 0) is 44.9 Å². The second-order valence-electron chi connectivity index (χ2n) is 5.74. The van der Waals surface area contributed by atoms with Crippen LogP contribution in [0.1, 0.15) is 52.9 Å². The molecule has 19 heavy (non-hydrogen) atoms. The Hall–Kier alpha value is -0.0400. The van der Waals surface area contributed by atoms with E-state index in [1.165, 1.54) is 6.42 Å². The molecule has 1 rings (SSSR count). The number of rotatable bonds is 7. The van der Waals surface area contributed by atoms with Crippen molar-refractivity contribution in [3.05, 3.63) is 0 Å². The van der Waals surface area contributed by atoms with Gasteiger partial charge in [0.15, 0.2) is 5.96 Å². The topological polar surface area (TPSA) is 56.7 Å². The average molecular weight is 383 g/mol. The van der Waals surface area contributed by atoms with Gasteiger partial charge in [-0.25, -0.2) is 0 Å². The zero-order chi connectivity index (χ0) is 13.4. The zero-order valence-corrected chi connectivity index (χ0v) is 14.9. The molecule has 114 valence electrons. The standard InChI is InChI=1S/C14H29N3O.HI/c1-4-15-13(16-10-5-7-12(2)3)17-11-14(18)8-6-9-14;/h12,18H,4-11H2,1-3H3,(H2,15,16,17);1H. The van der Waals surface area contributed by atoms with Crippen LogP contribution in [0, 0.1) is 5.92 Å². The molecule has 1 aliphatic carbocycles. The molecule has 0 aromatic rings. The summed E-state index contributed by atoms with van der Waals surface area (Å²) in [4.78, 5) is 4.47. The minimum atomic E-state index is -0.527. The minimum absolute atomic E-state index is 0. The highest BCUT2D eigenvalue weighted by molar-refractivity contribution is 14.0. The number of guanidine groups is 1. The first-order valence-corrected chi connectivity index (χ1v) is 7.30. The third-order valence-corrected chi connectivity index (χ3v) is 3.41. The number of nitrogens with one attached hydrogen (secondary N) is 2. The predicted molar refractivity (Wildman–Crippen MR) is 92.3 cm³/mol. The van der Waals surface area contributed by atoms with Crippen molar-refractivity contribution in [1.29, 1.82) is 0 Å². The van der Waals surface area contributed by atoms with E-state index in [2.05, 4.69) is 36.4 Å². The first kappa shape index (κ1) is 19.0. The van der Waals surface area contributed by atoms with Crippen molar-refractivity contribution >= 4 is 29.9 Å². The molecule has 1 fully saturated rings. The van der Waals surface area contributed by atoms with Crippen molar-refractivity contribution < 1.29 is 5.11 Å². The van der Waals surface area contributed by atoms with Gasteiger partial charge < -0.3 is 15.7 Å². The van der Waals surface area contributed by atoms with Gasteiger partial charge >= 0.3 is 0 Å². The van der Waals surface area contributed by atoms with E-state index in [9.17, 15) is 5.11 Å². The monoisotopic (exact) mass is 383 g/mol. The highest BCUT2D eigenvalue weighted by Crippen LogP contribution is 2.31. The van der Waals surface area contributed by atoms with E-state index in [1.807, 2.05) is 0 Å². The lowest BCUT2D eigenvalue weighted by atomic mass is 9.80. The van der Waals surface area contributed by atoms with E-state index >= 15 is 0 Å². The summed E-state index contributed by atoms with van der Waals surface area (Å²) < 4.78 is 0. The molecular weight excluding hydrogens is 353 g/mol. The van der Waals surface area contributed by atoms with Crippen molar-refractivity contribution in [3.8, 4) is 0 Å². The molecule has 0 amide bonds. The number of aliphatic imine (C=N–C) groups is 1. The van der Waals surface area contributed by atoms with Gasteiger partial charge in [-0.15, -0.1) is 24.0 Å². The van der Waals surface area contributed by atoms with Crippen molar-refractivity contribution in [2.45, 2.75) is 58.5 Å². The Morgan fingerprint density at radius 2 is 2.00 bits per heavy atom. The summed E-state index contributed by atoms with van der Waals surface area (Å²) in [5.74, 6) is 1.59. The lowest BCUT2D eigenvalue weighted by molar-refractivity contribution is -0.0236. The largest absolute Gasteiger partial charge is 0.388 e. The van der Waals surface area contributed by atoms with Crippen LogP contribution in [0.15, 0.2) is 4.99 Å². The van der Waals surface area contributed by atoms with Crippen LogP contribution in [0.5, 0.6) is 0 Å². The summed E-state index contributed by atoms with van der Waals surface area (Å²) in [5, 5.41) is 16.6.